The Labute approximate surface area is 97.1 Å². The summed E-state index contributed by atoms with van der Waals surface area (Å²) < 4.78 is 7.06. The fourth-order valence-corrected chi connectivity index (χ4v) is 1.92. The molecule has 0 N–H and O–H groups in total. The highest BCUT2D eigenvalue weighted by atomic mass is 32.2. The second-order valence-electron chi connectivity index (χ2n) is 3.23. The smallest absolute Gasteiger partial charge is 0.200 e. The molecule has 2 heterocycles. The van der Waals surface area contributed by atoms with Crippen LogP contribution in [0.15, 0.2) is 28.0 Å². The first-order valence-corrected chi connectivity index (χ1v) is 5.60. The Bertz CT molecular complexity index is 511. The van der Waals surface area contributed by atoms with Crippen LogP contribution in [0.5, 0.6) is 0 Å². The lowest BCUT2D eigenvalue weighted by atomic mass is 10.4. The van der Waals surface area contributed by atoms with Gasteiger partial charge in [-0.2, -0.15) is 5.26 Å². The van der Waals surface area contributed by atoms with Crippen LogP contribution in [0.1, 0.15) is 6.92 Å². The van der Waals surface area contributed by atoms with E-state index < -0.39 is 0 Å². The van der Waals surface area contributed by atoms with Gasteiger partial charge in [0.1, 0.15) is 0 Å². The summed E-state index contributed by atoms with van der Waals surface area (Å²) in [6.07, 6.45) is 1.59. The van der Waals surface area contributed by atoms with Crippen LogP contribution in [0, 0.1) is 11.3 Å². The van der Waals surface area contributed by atoms with Gasteiger partial charge in [0.2, 0.25) is 0 Å². The first kappa shape index (κ1) is 10.8. The van der Waals surface area contributed by atoms with E-state index in [9.17, 15) is 0 Å². The summed E-state index contributed by atoms with van der Waals surface area (Å²) in [6.45, 7) is 1.83. The average molecular weight is 234 g/mol. The van der Waals surface area contributed by atoms with Gasteiger partial charge in [-0.05, 0) is 19.1 Å². The molecule has 0 amide bonds. The van der Waals surface area contributed by atoms with Gasteiger partial charge in [-0.25, -0.2) is 0 Å². The number of hydrogen-bond donors (Lipinski definition) is 0. The number of furan rings is 1. The fraction of sp³-hybridized carbons (Fsp3) is 0.300. The Morgan fingerprint density at radius 3 is 3.00 bits per heavy atom. The Balaban J connectivity index is 2.29. The molecule has 2 aromatic heterocycles. The van der Waals surface area contributed by atoms with Crippen molar-refractivity contribution in [2.75, 3.05) is 0 Å². The zero-order valence-corrected chi connectivity index (χ0v) is 9.73. The van der Waals surface area contributed by atoms with Crippen molar-refractivity contribution in [2.24, 2.45) is 7.05 Å². The largest absolute Gasteiger partial charge is 0.461 e. The molecule has 5 nitrogen and oxygen atoms in total. The topological polar surface area (TPSA) is 67.6 Å². The molecule has 2 aromatic rings. The highest BCUT2D eigenvalue weighted by Crippen LogP contribution is 2.25. The molecule has 82 valence electrons. The molecule has 0 spiro atoms. The number of rotatable bonds is 3. The van der Waals surface area contributed by atoms with Gasteiger partial charge in [-0.3, -0.25) is 0 Å². The Hall–Kier alpha value is -1.74. The van der Waals surface area contributed by atoms with Gasteiger partial charge in [0.05, 0.1) is 17.6 Å². The van der Waals surface area contributed by atoms with Gasteiger partial charge in [0, 0.05) is 7.05 Å². The molecule has 0 aliphatic carbocycles. The number of thioether (sulfide) groups is 1. The van der Waals surface area contributed by atoms with Crippen LogP contribution in [0.25, 0.3) is 11.6 Å². The minimum Gasteiger partial charge on any atom is -0.461 e. The van der Waals surface area contributed by atoms with Crippen molar-refractivity contribution in [3.05, 3.63) is 18.4 Å². The number of aromatic nitrogens is 3. The van der Waals surface area contributed by atoms with Crippen LogP contribution in [0.2, 0.25) is 0 Å². The second kappa shape index (κ2) is 4.41. The van der Waals surface area contributed by atoms with E-state index in [-0.39, 0.29) is 5.25 Å². The molecule has 0 bridgehead atoms. The van der Waals surface area contributed by atoms with Crippen LogP contribution in [-0.2, 0) is 7.05 Å². The number of nitrogens with zero attached hydrogens (tertiary/aromatic N) is 4. The first-order valence-electron chi connectivity index (χ1n) is 4.72. The molecule has 2 rings (SSSR count). The molecule has 0 aliphatic heterocycles. The van der Waals surface area contributed by atoms with Crippen LogP contribution >= 0.6 is 11.8 Å². The van der Waals surface area contributed by atoms with E-state index in [0.717, 1.165) is 0 Å². The first-order chi connectivity index (χ1) is 7.72. The molecule has 6 heteroatoms. The third-order valence-corrected chi connectivity index (χ3v) is 3.07. The van der Waals surface area contributed by atoms with E-state index in [1.54, 1.807) is 12.3 Å². The summed E-state index contributed by atoms with van der Waals surface area (Å²) in [5.74, 6) is 1.34. The molecule has 0 unspecified atom stereocenters. The lowest BCUT2D eigenvalue weighted by molar-refractivity contribution is 0.572. The van der Waals surface area contributed by atoms with E-state index in [0.29, 0.717) is 16.7 Å². The highest BCUT2D eigenvalue weighted by Gasteiger charge is 2.15. The van der Waals surface area contributed by atoms with Crippen molar-refractivity contribution in [1.29, 1.82) is 5.26 Å². The van der Waals surface area contributed by atoms with E-state index in [1.807, 2.05) is 24.6 Å². The van der Waals surface area contributed by atoms with Gasteiger partial charge in [0.15, 0.2) is 16.7 Å². The summed E-state index contributed by atoms with van der Waals surface area (Å²) in [5, 5.41) is 17.4. The van der Waals surface area contributed by atoms with Gasteiger partial charge in [-0.1, -0.05) is 11.8 Å². The van der Waals surface area contributed by atoms with Crippen molar-refractivity contribution in [3.8, 4) is 17.7 Å². The SMILES string of the molecule is C[C@@H](C#N)Sc1nnc(-c2ccco2)n1C. The van der Waals surface area contributed by atoms with E-state index in [4.69, 9.17) is 9.68 Å². The standard InChI is InChI=1S/C10H10N4OS/c1-7(6-11)16-10-13-12-9(14(10)2)8-4-3-5-15-8/h3-5,7H,1-2H3/t7-/m0/s1. The van der Waals surface area contributed by atoms with E-state index in [2.05, 4.69) is 16.3 Å². The molecule has 0 saturated heterocycles. The summed E-state index contributed by atoms with van der Waals surface area (Å²) in [6, 6.07) is 5.77. The lowest BCUT2D eigenvalue weighted by Crippen LogP contribution is -1.97. The highest BCUT2D eigenvalue weighted by molar-refractivity contribution is 8.00. The molecule has 0 radical (unpaired) electrons. The van der Waals surface area contributed by atoms with Crippen molar-refractivity contribution in [3.63, 3.8) is 0 Å². The normalized spacial score (nSPS) is 12.3. The van der Waals surface area contributed by atoms with Crippen LogP contribution in [-0.4, -0.2) is 20.0 Å². The predicted molar refractivity (Wildman–Crippen MR) is 59.6 cm³/mol. The zero-order chi connectivity index (χ0) is 11.5. The fourth-order valence-electron chi connectivity index (χ4n) is 1.22. The molecule has 0 aromatic carbocycles. The van der Waals surface area contributed by atoms with Crippen LogP contribution in [0.4, 0.5) is 0 Å². The van der Waals surface area contributed by atoms with Crippen molar-refractivity contribution in [1.82, 2.24) is 14.8 Å². The molecular weight excluding hydrogens is 224 g/mol. The minimum atomic E-state index is -0.146. The molecule has 0 fully saturated rings. The van der Waals surface area contributed by atoms with E-state index in [1.165, 1.54) is 11.8 Å². The zero-order valence-electron chi connectivity index (χ0n) is 8.91. The maximum Gasteiger partial charge on any atom is 0.200 e. The molecular formula is C10H10N4OS. The van der Waals surface area contributed by atoms with Gasteiger partial charge in [0.25, 0.3) is 0 Å². The summed E-state index contributed by atoms with van der Waals surface area (Å²) >= 11 is 1.37. The Morgan fingerprint density at radius 1 is 1.56 bits per heavy atom. The summed E-state index contributed by atoms with van der Waals surface area (Å²) in [5.41, 5.74) is 0. The maximum atomic E-state index is 8.73. The van der Waals surface area contributed by atoms with Gasteiger partial charge >= 0.3 is 0 Å². The number of hydrogen-bond acceptors (Lipinski definition) is 5. The van der Waals surface area contributed by atoms with Gasteiger partial charge in [-0.15, -0.1) is 10.2 Å². The predicted octanol–water partition coefficient (Wildman–Crippen LogP) is 2.08. The van der Waals surface area contributed by atoms with Gasteiger partial charge < -0.3 is 8.98 Å². The molecule has 16 heavy (non-hydrogen) atoms. The molecule has 1 atom stereocenters. The Morgan fingerprint density at radius 2 is 2.38 bits per heavy atom. The Kier molecular flexibility index (Phi) is 2.97. The third kappa shape index (κ3) is 1.95. The second-order valence-corrected chi connectivity index (χ2v) is 4.54. The van der Waals surface area contributed by atoms with Crippen molar-refractivity contribution in [2.45, 2.75) is 17.3 Å². The molecule has 0 aliphatic rings. The van der Waals surface area contributed by atoms with Crippen molar-refractivity contribution < 1.29 is 4.42 Å². The van der Waals surface area contributed by atoms with E-state index >= 15 is 0 Å². The lowest BCUT2D eigenvalue weighted by Gasteiger charge is -2.02. The maximum absolute atomic E-state index is 8.73. The minimum absolute atomic E-state index is 0.146. The third-order valence-electron chi connectivity index (χ3n) is 2.04. The average Bonchev–Trinajstić information content (AvgIpc) is 2.89. The summed E-state index contributed by atoms with van der Waals surface area (Å²) in [7, 11) is 1.85. The number of nitriles is 1. The molecule has 0 saturated carbocycles. The quantitative estimate of drug-likeness (QED) is 0.760. The monoisotopic (exact) mass is 234 g/mol. The van der Waals surface area contributed by atoms with Crippen LogP contribution in [0.3, 0.4) is 0 Å². The summed E-state index contributed by atoms with van der Waals surface area (Å²) in [4.78, 5) is 0. The van der Waals surface area contributed by atoms with Crippen LogP contribution < -0.4 is 0 Å². The van der Waals surface area contributed by atoms with Crippen molar-refractivity contribution >= 4 is 11.8 Å².